The third-order valence-electron chi connectivity index (χ3n) is 3.61. The van der Waals surface area contributed by atoms with Crippen molar-refractivity contribution in [3.05, 3.63) is 46.7 Å². The summed E-state index contributed by atoms with van der Waals surface area (Å²) in [7, 11) is 0. The number of morpholine rings is 1. The number of β-amino-alcohol motifs (C(OH)–C–C–N with tert-alkyl or cyclic N) is 1. The summed E-state index contributed by atoms with van der Waals surface area (Å²) in [4.78, 5) is 6.39. The number of rotatable bonds is 6. The van der Waals surface area contributed by atoms with Crippen LogP contribution in [0.15, 0.2) is 35.8 Å². The van der Waals surface area contributed by atoms with Gasteiger partial charge in [0, 0.05) is 31.2 Å². The minimum absolute atomic E-state index is 0.0524. The zero-order valence-corrected chi connectivity index (χ0v) is 13.4. The third kappa shape index (κ3) is 4.48. The van der Waals surface area contributed by atoms with Crippen LogP contribution in [0.25, 0.3) is 0 Å². The number of para-hydroxylation sites is 1. The predicted octanol–water partition coefficient (Wildman–Crippen LogP) is 2.10. The van der Waals surface area contributed by atoms with Gasteiger partial charge >= 0.3 is 0 Å². The van der Waals surface area contributed by atoms with Gasteiger partial charge in [-0.2, -0.15) is 0 Å². The molecular weight excluding hydrogens is 319 g/mol. The van der Waals surface area contributed by atoms with Crippen molar-refractivity contribution < 1.29 is 19.0 Å². The first-order valence-corrected chi connectivity index (χ1v) is 8.39. The first-order valence-electron chi connectivity index (χ1n) is 7.51. The number of halogens is 1. The van der Waals surface area contributed by atoms with Crippen molar-refractivity contribution >= 4 is 11.3 Å². The molecule has 0 saturated carbocycles. The first-order chi connectivity index (χ1) is 11.2. The van der Waals surface area contributed by atoms with E-state index in [-0.39, 0.29) is 18.5 Å². The molecule has 2 aromatic rings. The van der Waals surface area contributed by atoms with Crippen LogP contribution < -0.4 is 4.74 Å². The summed E-state index contributed by atoms with van der Waals surface area (Å²) in [5, 5.41) is 13.0. The second-order valence-electron chi connectivity index (χ2n) is 5.38. The van der Waals surface area contributed by atoms with E-state index in [1.165, 1.54) is 6.07 Å². The minimum Gasteiger partial charge on any atom is -0.488 e. The van der Waals surface area contributed by atoms with Crippen molar-refractivity contribution in [3.63, 3.8) is 0 Å². The molecule has 7 heteroatoms. The normalized spacial score (nSPS) is 20.3. The van der Waals surface area contributed by atoms with Gasteiger partial charge in [-0.3, -0.25) is 4.90 Å². The van der Waals surface area contributed by atoms with Crippen LogP contribution in [0.4, 0.5) is 4.39 Å². The number of ether oxygens (including phenoxy) is 2. The van der Waals surface area contributed by atoms with Crippen molar-refractivity contribution in [3.8, 4) is 5.75 Å². The molecule has 0 spiro atoms. The molecule has 1 aliphatic heterocycles. The van der Waals surface area contributed by atoms with Crippen molar-refractivity contribution in [1.29, 1.82) is 0 Å². The topological polar surface area (TPSA) is 54.8 Å². The molecule has 1 aliphatic rings. The monoisotopic (exact) mass is 338 g/mol. The summed E-state index contributed by atoms with van der Waals surface area (Å²) in [6.45, 7) is 2.55. The fraction of sp³-hybridized carbons (Fsp3) is 0.438. The number of nitrogens with zero attached hydrogens (tertiary/aromatic N) is 2. The number of hydrogen-bond acceptors (Lipinski definition) is 6. The fourth-order valence-corrected chi connectivity index (χ4v) is 3.19. The van der Waals surface area contributed by atoms with Crippen LogP contribution in [0.5, 0.6) is 5.75 Å². The Morgan fingerprint density at radius 3 is 3.13 bits per heavy atom. The number of aliphatic hydroxyl groups excluding tert-OH is 1. The van der Waals surface area contributed by atoms with E-state index in [0.717, 1.165) is 11.6 Å². The highest BCUT2D eigenvalue weighted by Gasteiger charge is 2.25. The molecule has 1 N–H and O–H groups in total. The lowest BCUT2D eigenvalue weighted by Crippen LogP contribution is -2.43. The largest absolute Gasteiger partial charge is 0.488 e. The molecule has 0 bridgehead atoms. The Morgan fingerprint density at radius 1 is 1.48 bits per heavy atom. The highest BCUT2D eigenvalue weighted by molar-refractivity contribution is 7.09. The molecule has 2 heterocycles. The predicted molar refractivity (Wildman–Crippen MR) is 85.1 cm³/mol. The van der Waals surface area contributed by atoms with Gasteiger partial charge in [-0.1, -0.05) is 12.1 Å². The Morgan fingerprint density at radius 2 is 2.35 bits per heavy atom. The van der Waals surface area contributed by atoms with Crippen molar-refractivity contribution in [2.45, 2.75) is 12.2 Å². The van der Waals surface area contributed by atoms with E-state index in [4.69, 9.17) is 9.47 Å². The van der Waals surface area contributed by atoms with E-state index < -0.39 is 11.9 Å². The number of aliphatic hydroxyl groups is 1. The smallest absolute Gasteiger partial charge is 0.165 e. The number of hydrogen-bond donors (Lipinski definition) is 1. The molecule has 0 aliphatic carbocycles. The zero-order valence-electron chi connectivity index (χ0n) is 12.6. The van der Waals surface area contributed by atoms with Gasteiger partial charge in [-0.05, 0) is 12.1 Å². The van der Waals surface area contributed by atoms with Gasteiger partial charge in [0.2, 0.25) is 0 Å². The molecule has 2 unspecified atom stereocenters. The average Bonchev–Trinajstić information content (AvgIpc) is 3.09. The van der Waals surface area contributed by atoms with Gasteiger partial charge in [0.05, 0.1) is 6.61 Å². The van der Waals surface area contributed by atoms with Crippen LogP contribution in [-0.4, -0.2) is 53.9 Å². The molecule has 1 fully saturated rings. The number of benzene rings is 1. The van der Waals surface area contributed by atoms with Crippen LogP contribution in [0.2, 0.25) is 0 Å². The van der Waals surface area contributed by atoms with Gasteiger partial charge in [0.1, 0.15) is 23.8 Å². The zero-order chi connectivity index (χ0) is 16.1. The highest BCUT2D eigenvalue weighted by atomic mass is 32.1. The molecular formula is C16H19FN2O3S. The maximum Gasteiger partial charge on any atom is 0.165 e. The first kappa shape index (κ1) is 16.3. The quantitative estimate of drug-likeness (QED) is 0.874. The molecule has 2 atom stereocenters. The molecule has 0 amide bonds. The number of thiazole rings is 1. The molecule has 5 nitrogen and oxygen atoms in total. The Bertz CT molecular complexity index is 611. The summed E-state index contributed by atoms with van der Waals surface area (Å²) in [5.74, 6) is -0.260. The van der Waals surface area contributed by atoms with E-state index in [1.807, 2.05) is 5.38 Å². The van der Waals surface area contributed by atoms with E-state index in [2.05, 4.69) is 9.88 Å². The fourth-order valence-electron chi connectivity index (χ4n) is 2.51. The lowest BCUT2D eigenvalue weighted by Gasteiger charge is -2.33. The second kappa shape index (κ2) is 7.83. The molecule has 1 saturated heterocycles. The maximum atomic E-state index is 13.5. The van der Waals surface area contributed by atoms with Crippen LogP contribution in [0.1, 0.15) is 11.1 Å². The second-order valence-corrected chi connectivity index (χ2v) is 6.31. The third-order valence-corrected chi connectivity index (χ3v) is 4.48. The summed E-state index contributed by atoms with van der Waals surface area (Å²) in [6.07, 6.45) is 1.02. The SMILES string of the molecule is OC(COc1ccccc1F)CN1CCOC(c2nccs2)C1. The molecule has 124 valence electrons. The molecule has 3 rings (SSSR count). The Kier molecular flexibility index (Phi) is 5.56. The van der Waals surface area contributed by atoms with Gasteiger partial charge in [-0.15, -0.1) is 11.3 Å². The minimum atomic E-state index is -0.690. The van der Waals surface area contributed by atoms with E-state index in [0.29, 0.717) is 19.7 Å². The van der Waals surface area contributed by atoms with Crippen LogP contribution in [-0.2, 0) is 4.74 Å². The highest BCUT2D eigenvalue weighted by Crippen LogP contribution is 2.24. The molecule has 23 heavy (non-hydrogen) atoms. The number of aromatic nitrogens is 1. The van der Waals surface area contributed by atoms with Gasteiger partial charge < -0.3 is 14.6 Å². The maximum absolute atomic E-state index is 13.5. The Hall–Kier alpha value is -1.54. The molecule has 0 radical (unpaired) electrons. The van der Waals surface area contributed by atoms with Gasteiger partial charge in [-0.25, -0.2) is 9.37 Å². The van der Waals surface area contributed by atoms with Crippen LogP contribution in [0, 0.1) is 5.82 Å². The van der Waals surface area contributed by atoms with Gasteiger partial charge in [0.15, 0.2) is 11.6 Å². The Labute approximate surface area is 138 Å². The standard InChI is InChI=1S/C16H19FN2O3S/c17-13-3-1-2-4-14(13)22-11-12(20)9-19-6-7-21-15(10-19)16-18-5-8-23-16/h1-5,8,12,15,20H,6-7,9-11H2. The summed E-state index contributed by atoms with van der Waals surface area (Å²) in [5.41, 5.74) is 0. The average molecular weight is 338 g/mol. The summed E-state index contributed by atoms with van der Waals surface area (Å²) >= 11 is 1.57. The van der Waals surface area contributed by atoms with E-state index in [1.54, 1.807) is 35.7 Å². The van der Waals surface area contributed by atoms with E-state index >= 15 is 0 Å². The Balaban J connectivity index is 1.47. The van der Waals surface area contributed by atoms with Crippen molar-refractivity contribution in [1.82, 2.24) is 9.88 Å². The lowest BCUT2D eigenvalue weighted by molar-refractivity contribution is -0.0461. The summed E-state index contributed by atoms with van der Waals surface area (Å²) in [6, 6.07) is 6.19. The van der Waals surface area contributed by atoms with Crippen LogP contribution in [0.3, 0.4) is 0 Å². The van der Waals surface area contributed by atoms with E-state index in [9.17, 15) is 9.50 Å². The van der Waals surface area contributed by atoms with Crippen LogP contribution >= 0.6 is 11.3 Å². The summed E-state index contributed by atoms with van der Waals surface area (Å²) < 4.78 is 24.5. The molecule has 1 aromatic heterocycles. The molecule has 1 aromatic carbocycles. The lowest BCUT2D eigenvalue weighted by atomic mass is 10.2. The van der Waals surface area contributed by atoms with Crippen molar-refractivity contribution in [2.24, 2.45) is 0 Å². The van der Waals surface area contributed by atoms with Gasteiger partial charge in [0.25, 0.3) is 0 Å². The van der Waals surface area contributed by atoms with Crippen molar-refractivity contribution in [2.75, 3.05) is 32.8 Å².